The maximum atomic E-state index is 12.4. The zero-order valence-corrected chi connectivity index (χ0v) is 25.5. The number of hydrogen-bond acceptors (Lipinski definition) is 5. The monoisotopic (exact) mass is 552 g/mol. The number of amides is 1. The molecule has 39 heavy (non-hydrogen) atoms. The molecule has 0 saturated carbocycles. The van der Waals surface area contributed by atoms with Crippen LogP contribution in [-0.4, -0.2) is 61.1 Å². The molecule has 0 aromatic carbocycles. The SMILES string of the molecule is CCCCCC/C=C\COC(=O)CCCCCCCC(CCCCCCCC(=O)O)NC(=O)CCCN(C)C. The summed E-state index contributed by atoms with van der Waals surface area (Å²) in [5, 5.41) is 12.0. The number of ether oxygens (including phenoxy) is 1. The molecule has 0 bridgehead atoms. The van der Waals surface area contributed by atoms with Crippen molar-refractivity contribution in [3.8, 4) is 0 Å². The Labute approximate surface area is 239 Å². The Kier molecular flexibility index (Phi) is 26.3. The molecule has 0 saturated heterocycles. The molecule has 0 aliphatic rings. The first-order chi connectivity index (χ1) is 18.8. The molecule has 228 valence electrons. The van der Waals surface area contributed by atoms with E-state index in [1.807, 2.05) is 20.2 Å². The molecule has 0 heterocycles. The third-order valence-corrected chi connectivity index (χ3v) is 6.98. The predicted molar refractivity (Wildman–Crippen MR) is 161 cm³/mol. The second-order valence-electron chi connectivity index (χ2n) is 11.2. The summed E-state index contributed by atoms with van der Waals surface area (Å²) < 4.78 is 5.29. The van der Waals surface area contributed by atoms with Crippen molar-refractivity contribution in [3.63, 3.8) is 0 Å². The number of carbonyl (C=O) groups excluding carboxylic acids is 2. The average molecular weight is 553 g/mol. The van der Waals surface area contributed by atoms with Crippen LogP contribution in [0.2, 0.25) is 0 Å². The minimum Gasteiger partial charge on any atom is -0.481 e. The zero-order valence-electron chi connectivity index (χ0n) is 25.5. The fourth-order valence-electron chi connectivity index (χ4n) is 4.62. The smallest absolute Gasteiger partial charge is 0.306 e. The van der Waals surface area contributed by atoms with Crippen molar-refractivity contribution in [2.75, 3.05) is 27.2 Å². The Morgan fingerprint density at radius 3 is 1.95 bits per heavy atom. The minimum atomic E-state index is -0.719. The predicted octanol–water partition coefficient (Wildman–Crippen LogP) is 7.43. The number of rotatable bonds is 28. The number of nitrogens with zero attached hydrogens (tertiary/aromatic N) is 1. The van der Waals surface area contributed by atoms with E-state index in [9.17, 15) is 14.4 Å². The lowest BCUT2D eigenvalue weighted by molar-refractivity contribution is -0.142. The van der Waals surface area contributed by atoms with E-state index in [1.54, 1.807) is 0 Å². The molecule has 0 aromatic rings. The van der Waals surface area contributed by atoms with Crippen molar-refractivity contribution in [1.82, 2.24) is 10.2 Å². The number of carbonyl (C=O) groups is 3. The number of carboxylic acids is 1. The van der Waals surface area contributed by atoms with Gasteiger partial charge in [-0.1, -0.05) is 89.7 Å². The first kappa shape index (κ1) is 37.1. The normalized spacial score (nSPS) is 12.2. The third-order valence-electron chi connectivity index (χ3n) is 6.98. The summed E-state index contributed by atoms with van der Waals surface area (Å²) in [6.45, 7) is 3.51. The molecule has 0 aromatic heterocycles. The summed E-state index contributed by atoms with van der Waals surface area (Å²) in [5.74, 6) is -0.679. The van der Waals surface area contributed by atoms with Gasteiger partial charge in [0.15, 0.2) is 0 Å². The molecule has 7 heteroatoms. The molecule has 0 fully saturated rings. The highest BCUT2D eigenvalue weighted by molar-refractivity contribution is 5.76. The van der Waals surface area contributed by atoms with Crippen LogP contribution in [-0.2, 0) is 19.1 Å². The van der Waals surface area contributed by atoms with Gasteiger partial charge in [0.2, 0.25) is 5.91 Å². The quantitative estimate of drug-likeness (QED) is 0.0595. The second-order valence-corrected chi connectivity index (χ2v) is 11.2. The van der Waals surface area contributed by atoms with Crippen molar-refractivity contribution in [1.29, 1.82) is 0 Å². The fourth-order valence-corrected chi connectivity index (χ4v) is 4.62. The van der Waals surface area contributed by atoms with Crippen LogP contribution in [0.25, 0.3) is 0 Å². The number of carboxylic acid groups (broad SMARTS) is 1. The Morgan fingerprint density at radius 1 is 0.744 bits per heavy atom. The lowest BCUT2D eigenvalue weighted by Gasteiger charge is -2.19. The lowest BCUT2D eigenvalue weighted by atomic mass is 9.99. The van der Waals surface area contributed by atoms with E-state index in [-0.39, 0.29) is 24.3 Å². The Hall–Kier alpha value is -1.89. The second kappa shape index (κ2) is 27.7. The van der Waals surface area contributed by atoms with Crippen LogP contribution in [0.15, 0.2) is 12.2 Å². The van der Waals surface area contributed by atoms with Crippen molar-refractivity contribution in [2.45, 2.75) is 148 Å². The number of esters is 1. The summed E-state index contributed by atoms with van der Waals surface area (Å²) in [6, 6.07) is 0.213. The van der Waals surface area contributed by atoms with Gasteiger partial charge in [-0.05, 0) is 65.6 Å². The van der Waals surface area contributed by atoms with Crippen LogP contribution in [0.1, 0.15) is 142 Å². The fraction of sp³-hybridized carbons (Fsp3) is 0.844. The van der Waals surface area contributed by atoms with Gasteiger partial charge in [-0.2, -0.15) is 0 Å². The van der Waals surface area contributed by atoms with E-state index in [2.05, 4.69) is 23.2 Å². The van der Waals surface area contributed by atoms with E-state index >= 15 is 0 Å². The molecule has 1 atom stereocenters. The summed E-state index contributed by atoms with van der Waals surface area (Å²) in [5.41, 5.74) is 0. The summed E-state index contributed by atoms with van der Waals surface area (Å²) in [7, 11) is 4.05. The Morgan fingerprint density at radius 2 is 1.33 bits per heavy atom. The maximum absolute atomic E-state index is 12.4. The lowest BCUT2D eigenvalue weighted by Crippen LogP contribution is -2.35. The standard InChI is InChI=1S/C32H60N2O5/c1-4-5-6-7-8-15-20-28-39-32(38)26-19-14-10-12-17-23-29(33-30(35)24-21-27-34(2)3)22-16-11-9-13-18-25-31(36)37/h15,20,29H,4-14,16-19,21-28H2,1-3H3,(H,33,35)(H,36,37)/b20-15-. The molecule has 1 unspecified atom stereocenters. The van der Waals surface area contributed by atoms with Crippen molar-refractivity contribution < 1.29 is 24.2 Å². The van der Waals surface area contributed by atoms with Gasteiger partial charge in [0, 0.05) is 25.3 Å². The van der Waals surface area contributed by atoms with Gasteiger partial charge in [-0.3, -0.25) is 14.4 Å². The Bertz CT molecular complexity index is 636. The summed E-state index contributed by atoms with van der Waals surface area (Å²) in [6.07, 6.45) is 24.4. The molecular formula is C32H60N2O5. The summed E-state index contributed by atoms with van der Waals surface area (Å²) >= 11 is 0. The van der Waals surface area contributed by atoms with Gasteiger partial charge in [0.1, 0.15) is 6.61 Å². The van der Waals surface area contributed by atoms with Crippen molar-refractivity contribution >= 4 is 17.8 Å². The van der Waals surface area contributed by atoms with Crippen LogP contribution in [0.4, 0.5) is 0 Å². The molecule has 0 spiro atoms. The minimum absolute atomic E-state index is 0.106. The highest BCUT2D eigenvalue weighted by Gasteiger charge is 2.12. The molecule has 0 aliphatic carbocycles. The van der Waals surface area contributed by atoms with Crippen LogP contribution in [0.5, 0.6) is 0 Å². The molecular weight excluding hydrogens is 492 g/mol. The largest absolute Gasteiger partial charge is 0.481 e. The molecule has 0 radical (unpaired) electrons. The molecule has 2 N–H and O–H groups in total. The molecule has 0 aliphatic heterocycles. The number of nitrogens with one attached hydrogen (secondary N) is 1. The van der Waals surface area contributed by atoms with E-state index in [4.69, 9.17) is 9.84 Å². The van der Waals surface area contributed by atoms with Gasteiger partial charge >= 0.3 is 11.9 Å². The van der Waals surface area contributed by atoms with Gasteiger partial charge in [-0.25, -0.2) is 0 Å². The van der Waals surface area contributed by atoms with Gasteiger partial charge in [-0.15, -0.1) is 0 Å². The van der Waals surface area contributed by atoms with Crippen LogP contribution >= 0.6 is 0 Å². The van der Waals surface area contributed by atoms with Gasteiger partial charge < -0.3 is 20.1 Å². The van der Waals surface area contributed by atoms with Crippen LogP contribution in [0.3, 0.4) is 0 Å². The maximum Gasteiger partial charge on any atom is 0.306 e. The molecule has 0 rings (SSSR count). The highest BCUT2D eigenvalue weighted by Crippen LogP contribution is 2.15. The Balaban J connectivity index is 4.04. The van der Waals surface area contributed by atoms with Gasteiger partial charge in [0.05, 0.1) is 0 Å². The number of allylic oxidation sites excluding steroid dienone is 1. The number of aliphatic carboxylic acids is 1. The van der Waals surface area contributed by atoms with Crippen molar-refractivity contribution in [3.05, 3.63) is 12.2 Å². The topological polar surface area (TPSA) is 95.9 Å². The zero-order chi connectivity index (χ0) is 29.0. The third kappa shape index (κ3) is 28.9. The summed E-state index contributed by atoms with van der Waals surface area (Å²) in [4.78, 5) is 37.1. The number of unbranched alkanes of at least 4 members (excludes halogenated alkanes) is 12. The van der Waals surface area contributed by atoms with E-state index in [1.165, 1.54) is 25.7 Å². The van der Waals surface area contributed by atoms with E-state index in [0.717, 1.165) is 96.4 Å². The molecule has 1 amide bonds. The first-order valence-electron chi connectivity index (χ1n) is 15.8. The van der Waals surface area contributed by atoms with Crippen LogP contribution < -0.4 is 5.32 Å². The number of hydrogen-bond donors (Lipinski definition) is 2. The average Bonchev–Trinajstić information content (AvgIpc) is 2.88. The van der Waals surface area contributed by atoms with Crippen molar-refractivity contribution in [2.24, 2.45) is 0 Å². The van der Waals surface area contributed by atoms with Gasteiger partial charge in [0.25, 0.3) is 0 Å². The van der Waals surface area contributed by atoms with E-state index < -0.39 is 5.97 Å². The first-order valence-corrected chi connectivity index (χ1v) is 15.8. The molecule has 7 nitrogen and oxygen atoms in total. The van der Waals surface area contributed by atoms with E-state index in [0.29, 0.717) is 19.4 Å². The van der Waals surface area contributed by atoms with Crippen LogP contribution in [0, 0.1) is 0 Å². The highest BCUT2D eigenvalue weighted by atomic mass is 16.5.